The summed E-state index contributed by atoms with van der Waals surface area (Å²) in [6.07, 6.45) is -4.58. The van der Waals surface area contributed by atoms with Gasteiger partial charge in [-0.2, -0.15) is 17.9 Å². The predicted octanol–water partition coefficient (Wildman–Crippen LogP) is 1.10. The molecule has 0 aliphatic carbocycles. The van der Waals surface area contributed by atoms with Gasteiger partial charge in [0.25, 0.3) is 0 Å². The molecule has 10 nitrogen and oxygen atoms in total. The number of thioether (sulfide) groups is 1. The van der Waals surface area contributed by atoms with Gasteiger partial charge in [-0.25, -0.2) is 4.79 Å². The highest BCUT2D eigenvalue weighted by Gasteiger charge is 2.28. The van der Waals surface area contributed by atoms with Crippen molar-refractivity contribution in [3.63, 3.8) is 0 Å². The second-order valence-electron chi connectivity index (χ2n) is 5.24. The Morgan fingerprint density at radius 1 is 1.25 bits per heavy atom. The monoisotopic (exact) mass is 417 g/mol. The summed E-state index contributed by atoms with van der Waals surface area (Å²) < 4.78 is 37.3. The molecule has 0 fully saturated rings. The minimum Gasteiger partial charge on any atom is -0.329 e. The molecule has 0 saturated heterocycles. The molecule has 28 heavy (non-hydrogen) atoms. The number of nitrogens with one attached hydrogen (secondary N) is 3. The van der Waals surface area contributed by atoms with Crippen LogP contribution in [0.1, 0.15) is 6.92 Å². The number of halogens is 3. The molecule has 0 atom stereocenters. The molecule has 0 radical (unpaired) electrons. The smallest absolute Gasteiger partial charge is 0.329 e. The lowest BCUT2D eigenvalue weighted by Crippen LogP contribution is -2.43. The van der Waals surface area contributed by atoms with Crippen LogP contribution in [0.15, 0.2) is 29.4 Å². The number of urea groups is 1. The maximum Gasteiger partial charge on any atom is 0.405 e. The molecule has 2 aromatic rings. The van der Waals surface area contributed by atoms with Gasteiger partial charge in [0.1, 0.15) is 6.54 Å². The van der Waals surface area contributed by atoms with Gasteiger partial charge in [-0.05, 0) is 28.6 Å². The van der Waals surface area contributed by atoms with E-state index < -0.39 is 24.7 Å². The molecule has 0 aliphatic heterocycles. The van der Waals surface area contributed by atoms with Gasteiger partial charge in [0.15, 0.2) is 0 Å². The van der Waals surface area contributed by atoms with Gasteiger partial charge in [-0.15, -0.1) is 5.10 Å². The van der Waals surface area contributed by atoms with Crippen LogP contribution in [0.4, 0.5) is 23.7 Å². The van der Waals surface area contributed by atoms with Crippen molar-refractivity contribution >= 4 is 35.3 Å². The lowest BCUT2D eigenvalue weighted by Gasteiger charge is -2.09. The van der Waals surface area contributed by atoms with Crippen LogP contribution in [0.25, 0.3) is 5.69 Å². The molecule has 150 valence electrons. The van der Waals surface area contributed by atoms with Gasteiger partial charge in [0, 0.05) is 12.6 Å². The second-order valence-corrected chi connectivity index (χ2v) is 6.18. The van der Waals surface area contributed by atoms with Crippen LogP contribution in [0.3, 0.4) is 0 Å². The number of nitrogens with zero attached hydrogens (tertiary/aromatic N) is 4. The molecule has 14 heteroatoms. The van der Waals surface area contributed by atoms with E-state index in [4.69, 9.17) is 0 Å². The van der Waals surface area contributed by atoms with Crippen molar-refractivity contribution in [3.05, 3.63) is 24.3 Å². The number of carbonyl (C=O) groups is 3. The Morgan fingerprint density at radius 3 is 2.68 bits per heavy atom. The maximum absolute atomic E-state index is 12.0. The van der Waals surface area contributed by atoms with Gasteiger partial charge in [0.05, 0.1) is 11.4 Å². The molecular weight excluding hydrogens is 403 g/mol. The predicted molar refractivity (Wildman–Crippen MR) is 91.8 cm³/mol. The third-order valence-corrected chi connectivity index (χ3v) is 3.81. The zero-order valence-corrected chi connectivity index (χ0v) is 15.1. The minimum absolute atomic E-state index is 0.200. The number of imide groups is 1. The zero-order valence-electron chi connectivity index (χ0n) is 14.3. The van der Waals surface area contributed by atoms with E-state index in [1.54, 1.807) is 29.6 Å². The fourth-order valence-electron chi connectivity index (χ4n) is 1.87. The zero-order chi connectivity index (χ0) is 20.7. The van der Waals surface area contributed by atoms with Crippen LogP contribution in [0, 0.1) is 0 Å². The topological polar surface area (TPSA) is 131 Å². The van der Waals surface area contributed by atoms with Crippen molar-refractivity contribution in [3.8, 4) is 5.69 Å². The summed E-state index contributed by atoms with van der Waals surface area (Å²) in [5.41, 5.74) is 1.01. The Bertz CT molecular complexity index is 872. The van der Waals surface area contributed by atoms with E-state index in [-0.39, 0.29) is 16.8 Å². The first-order chi connectivity index (χ1) is 13.1. The number of hydrogen-bond acceptors (Lipinski definition) is 7. The highest BCUT2D eigenvalue weighted by Crippen LogP contribution is 2.20. The Labute approximate surface area is 160 Å². The van der Waals surface area contributed by atoms with Crippen LogP contribution in [-0.4, -0.2) is 56.5 Å². The third kappa shape index (κ3) is 6.86. The molecule has 1 aromatic heterocycles. The first kappa shape index (κ1) is 21.1. The van der Waals surface area contributed by atoms with Gasteiger partial charge >= 0.3 is 12.2 Å². The Kier molecular flexibility index (Phi) is 6.92. The fraction of sp³-hybridized carbons (Fsp3) is 0.286. The average molecular weight is 417 g/mol. The standard InChI is InChI=1S/C14H14F3N7O3S/c1-8(25)19-9-3-2-4-10(5-9)24-13(21-22-23-24)28-6-11(26)20-12(27)18-7-14(15,16)17/h2-5H,6-7H2,1H3,(H,19,25)(H2,18,20,26,27). The Balaban J connectivity index is 1.95. The maximum atomic E-state index is 12.0. The molecule has 4 amide bonds. The number of tetrazole rings is 1. The minimum atomic E-state index is -4.58. The summed E-state index contributed by atoms with van der Waals surface area (Å²) in [6, 6.07) is 5.33. The number of hydrogen-bond donors (Lipinski definition) is 3. The highest BCUT2D eigenvalue weighted by atomic mass is 32.2. The highest BCUT2D eigenvalue weighted by molar-refractivity contribution is 7.99. The van der Waals surface area contributed by atoms with E-state index >= 15 is 0 Å². The lowest BCUT2D eigenvalue weighted by atomic mass is 10.3. The number of amides is 4. The molecule has 0 bridgehead atoms. The van der Waals surface area contributed by atoms with Crippen molar-refractivity contribution in [1.29, 1.82) is 0 Å². The van der Waals surface area contributed by atoms with E-state index in [9.17, 15) is 27.6 Å². The van der Waals surface area contributed by atoms with E-state index in [1.807, 2.05) is 0 Å². The summed E-state index contributed by atoms with van der Waals surface area (Å²) in [5.74, 6) is -1.40. The summed E-state index contributed by atoms with van der Waals surface area (Å²) >= 11 is 0.867. The second kappa shape index (κ2) is 9.16. The average Bonchev–Trinajstić information content (AvgIpc) is 3.06. The quantitative estimate of drug-likeness (QED) is 0.600. The first-order valence-electron chi connectivity index (χ1n) is 7.57. The molecule has 0 aliphatic rings. The molecule has 2 rings (SSSR count). The summed E-state index contributed by atoms with van der Waals surface area (Å²) in [4.78, 5) is 34.1. The molecule has 0 spiro atoms. The number of carbonyl (C=O) groups excluding carboxylic acids is 3. The van der Waals surface area contributed by atoms with E-state index in [1.165, 1.54) is 16.9 Å². The van der Waals surface area contributed by atoms with Crippen LogP contribution >= 0.6 is 11.8 Å². The molecule has 0 unspecified atom stereocenters. The van der Waals surface area contributed by atoms with Crippen molar-refractivity contribution in [2.45, 2.75) is 18.3 Å². The number of anilines is 1. The van der Waals surface area contributed by atoms with Gasteiger partial charge in [0.2, 0.25) is 17.0 Å². The summed E-state index contributed by atoms with van der Waals surface area (Å²) in [5, 5.41) is 17.1. The van der Waals surface area contributed by atoms with Gasteiger partial charge in [-0.3, -0.25) is 14.9 Å². The molecule has 1 aromatic carbocycles. The fourth-order valence-corrected chi connectivity index (χ4v) is 2.56. The summed E-state index contributed by atoms with van der Waals surface area (Å²) in [7, 11) is 0. The van der Waals surface area contributed by atoms with Crippen LogP contribution in [0.2, 0.25) is 0 Å². The van der Waals surface area contributed by atoms with E-state index in [0.717, 1.165) is 11.8 Å². The third-order valence-electron chi connectivity index (χ3n) is 2.89. The van der Waals surface area contributed by atoms with Gasteiger partial charge < -0.3 is 10.6 Å². The number of rotatable bonds is 6. The van der Waals surface area contributed by atoms with Crippen LogP contribution < -0.4 is 16.0 Å². The number of benzene rings is 1. The van der Waals surface area contributed by atoms with Crippen LogP contribution in [-0.2, 0) is 9.59 Å². The van der Waals surface area contributed by atoms with Crippen molar-refractivity contribution < 1.29 is 27.6 Å². The lowest BCUT2D eigenvalue weighted by molar-refractivity contribution is -0.124. The normalized spacial score (nSPS) is 11.0. The molecule has 1 heterocycles. The van der Waals surface area contributed by atoms with Crippen molar-refractivity contribution in [1.82, 2.24) is 30.8 Å². The number of alkyl halides is 3. The van der Waals surface area contributed by atoms with E-state index in [2.05, 4.69) is 20.8 Å². The Morgan fingerprint density at radius 2 is 2.00 bits per heavy atom. The largest absolute Gasteiger partial charge is 0.405 e. The van der Waals surface area contributed by atoms with Crippen LogP contribution in [0.5, 0.6) is 0 Å². The van der Waals surface area contributed by atoms with Crippen molar-refractivity contribution in [2.75, 3.05) is 17.6 Å². The summed E-state index contributed by atoms with van der Waals surface area (Å²) in [6.45, 7) is -0.198. The molecular formula is C14H14F3N7O3S. The van der Waals surface area contributed by atoms with Crippen molar-refractivity contribution in [2.24, 2.45) is 0 Å². The molecule has 3 N–H and O–H groups in total. The number of aromatic nitrogens is 4. The van der Waals surface area contributed by atoms with Gasteiger partial charge in [-0.1, -0.05) is 17.8 Å². The Hall–Kier alpha value is -3.16. The molecule has 0 saturated carbocycles. The van der Waals surface area contributed by atoms with E-state index in [0.29, 0.717) is 11.4 Å². The first-order valence-corrected chi connectivity index (χ1v) is 8.56. The SMILES string of the molecule is CC(=O)Nc1cccc(-n2nnnc2SCC(=O)NC(=O)NCC(F)(F)F)c1.